The van der Waals surface area contributed by atoms with Gasteiger partial charge in [0.1, 0.15) is 11.3 Å². The first-order chi connectivity index (χ1) is 27.3. The summed E-state index contributed by atoms with van der Waals surface area (Å²) in [5, 5.41) is 1.99. The van der Waals surface area contributed by atoms with Crippen molar-refractivity contribution in [3.05, 3.63) is 194 Å². The SMILES string of the molecule is c1ccc(-c2nc(-c3ccccc3)nc(-c3ccc(-c4ccc(-c5c(-c6ccccc6)oc6c5c(-c5ccccc5)nc5ccccc56)cc4)cc3)n2)cc1. The van der Waals surface area contributed by atoms with E-state index in [1.54, 1.807) is 0 Å². The Morgan fingerprint density at radius 3 is 1.24 bits per heavy atom. The van der Waals surface area contributed by atoms with Gasteiger partial charge in [0, 0.05) is 38.8 Å². The van der Waals surface area contributed by atoms with Gasteiger partial charge in [0.25, 0.3) is 0 Å². The second-order valence-corrected chi connectivity index (χ2v) is 13.4. The zero-order chi connectivity index (χ0) is 36.6. The van der Waals surface area contributed by atoms with E-state index in [1.807, 2.05) is 84.9 Å². The molecule has 5 heteroatoms. The molecule has 0 bridgehead atoms. The van der Waals surface area contributed by atoms with E-state index < -0.39 is 0 Å². The van der Waals surface area contributed by atoms with Gasteiger partial charge in [0.05, 0.1) is 16.6 Å². The van der Waals surface area contributed by atoms with E-state index in [4.69, 9.17) is 24.4 Å². The number of hydrogen-bond acceptors (Lipinski definition) is 5. The third kappa shape index (κ3) is 6.04. The number of pyridine rings is 1. The van der Waals surface area contributed by atoms with Crippen molar-refractivity contribution in [1.29, 1.82) is 0 Å². The number of para-hydroxylation sites is 1. The summed E-state index contributed by atoms with van der Waals surface area (Å²) in [6.45, 7) is 0. The van der Waals surface area contributed by atoms with Gasteiger partial charge in [-0.2, -0.15) is 0 Å². The van der Waals surface area contributed by atoms with E-state index in [1.165, 1.54) is 0 Å². The average molecular weight is 705 g/mol. The van der Waals surface area contributed by atoms with E-state index in [9.17, 15) is 0 Å². The van der Waals surface area contributed by atoms with E-state index in [0.717, 1.165) is 83.4 Å². The molecule has 0 spiro atoms. The van der Waals surface area contributed by atoms with Crippen molar-refractivity contribution in [3.8, 4) is 79.0 Å². The van der Waals surface area contributed by atoms with E-state index >= 15 is 0 Å². The van der Waals surface area contributed by atoms with Crippen LogP contribution in [0.1, 0.15) is 0 Å². The van der Waals surface area contributed by atoms with Crippen molar-refractivity contribution < 1.29 is 4.42 Å². The van der Waals surface area contributed by atoms with Crippen LogP contribution in [0.15, 0.2) is 199 Å². The summed E-state index contributed by atoms with van der Waals surface area (Å²) in [5.41, 5.74) is 11.8. The molecule has 0 radical (unpaired) electrons. The molecule has 0 fully saturated rings. The van der Waals surface area contributed by atoms with Crippen LogP contribution in [0.3, 0.4) is 0 Å². The lowest BCUT2D eigenvalue weighted by Gasteiger charge is -2.10. The minimum absolute atomic E-state index is 0.630. The zero-order valence-electron chi connectivity index (χ0n) is 29.7. The van der Waals surface area contributed by atoms with Gasteiger partial charge >= 0.3 is 0 Å². The minimum atomic E-state index is 0.630. The lowest BCUT2D eigenvalue weighted by Crippen LogP contribution is -2.00. The van der Waals surface area contributed by atoms with Crippen LogP contribution in [0.5, 0.6) is 0 Å². The molecule has 10 aromatic rings. The summed E-state index contributed by atoms with van der Waals surface area (Å²) in [6.07, 6.45) is 0. The molecular formula is C50H32N4O. The Hall–Kier alpha value is -7.50. The fraction of sp³-hybridized carbons (Fsp3) is 0. The smallest absolute Gasteiger partial charge is 0.164 e. The Morgan fingerprint density at radius 2 is 0.709 bits per heavy atom. The minimum Gasteiger partial charge on any atom is -0.455 e. The zero-order valence-corrected chi connectivity index (χ0v) is 29.7. The van der Waals surface area contributed by atoms with Crippen LogP contribution >= 0.6 is 0 Å². The Morgan fingerprint density at radius 1 is 0.309 bits per heavy atom. The molecule has 0 atom stereocenters. The topological polar surface area (TPSA) is 64.7 Å². The fourth-order valence-corrected chi connectivity index (χ4v) is 7.24. The van der Waals surface area contributed by atoms with Crippen LogP contribution in [-0.2, 0) is 0 Å². The van der Waals surface area contributed by atoms with Crippen molar-refractivity contribution >= 4 is 21.9 Å². The van der Waals surface area contributed by atoms with Gasteiger partial charge in [-0.15, -0.1) is 0 Å². The molecular weight excluding hydrogens is 673 g/mol. The first-order valence-corrected chi connectivity index (χ1v) is 18.3. The summed E-state index contributed by atoms with van der Waals surface area (Å²) >= 11 is 0. The van der Waals surface area contributed by atoms with E-state index in [-0.39, 0.29) is 0 Å². The first kappa shape index (κ1) is 32.2. The quantitative estimate of drug-likeness (QED) is 0.165. The lowest BCUT2D eigenvalue weighted by atomic mass is 9.93. The molecule has 0 amide bonds. The third-order valence-corrected chi connectivity index (χ3v) is 9.96. The highest BCUT2D eigenvalue weighted by molar-refractivity contribution is 6.16. The number of furan rings is 1. The monoisotopic (exact) mass is 704 g/mol. The highest BCUT2D eigenvalue weighted by Gasteiger charge is 2.24. The highest BCUT2D eigenvalue weighted by Crippen LogP contribution is 2.47. The summed E-state index contributed by atoms with van der Waals surface area (Å²) in [4.78, 5) is 19.9. The van der Waals surface area contributed by atoms with Crippen molar-refractivity contribution in [3.63, 3.8) is 0 Å². The molecule has 0 aliphatic rings. The Kier molecular flexibility index (Phi) is 8.08. The normalized spacial score (nSPS) is 11.3. The van der Waals surface area contributed by atoms with Crippen molar-refractivity contribution in [2.75, 3.05) is 0 Å². The van der Waals surface area contributed by atoms with Crippen LogP contribution in [0.25, 0.3) is 101 Å². The van der Waals surface area contributed by atoms with Crippen LogP contribution in [0, 0.1) is 0 Å². The van der Waals surface area contributed by atoms with Crippen molar-refractivity contribution in [1.82, 2.24) is 19.9 Å². The standard InChI is InChI=1S/C50H32N4O/c1-5-15-36(16-6-1)45-44-43(46(37-17-7-2-8-18-37)55-47(44)41-23-13-14-24-42(41)51-45)35-29-25-33(26-30-35)34-27-31-40(32-28-34)50-53-48(38-19-9-3-10-20-38)52-49(54-50)39-21-11-4-12-22-39/h1-32H. The van der Waals surface area contributed by atoms with Gasteiger partial charge in [-0.1, -0.05) is 182 Å². The lowest BCUT2D eigenvalue weighted by molar-refractivity contribution is 0.636. The van der Waals surface area contributed by atoms with Gasteiger partial charge in [-0.05, 0) is 28.8 Å². The van der Waals surface area contributed by atoms with Gasteiger partial charge in [0.2, 0.25) is 0 Å². The molecule has 7 aromatic carbocycles. The second-order valence-electron chi connectivity index (χ2n) is 13.4. The Bertz CT molecular complexity index is 2870. The molecule has 10 rings (SSSR count). The molecule has 0 saturated carbocycles. The average Bonchev–Trinajstić information content (AvgIpc) is 3.68. The fourth-order valence-electron chi connectivity index (χ4n) is 7.24. The van der Waals surface area contributed by atoms with Gasteiger partial charge in [0.15, 0.2) is 17.5 Å². The predicted molar refractivity (Wildman–Crippen MR) is 223 cm³/mol. The molecule has 0 N–H and O–H groups in total. The maximum Gasteiger partial charge on any atom is 0.164 e. The van der Waals surface area contributed by atoms with Crippen LogP contribution in [0.2, 0.25) is 0 Å². The molecule has 0 aliphatic heterocycles. The Balaban J connectivity index is 1.06. The number of fused-ring (bicyclic) bond motifs is 3. The van der Waals surface area contributed by atoms with Crippen LogP contribution in [-0.4, -0.2) is 19.9 Å². The molecule has 0 saturated heterocycles. The van der Waals surface area contributed by atoms with Crippen molar-refractivity contribution in [2.45, 2.75) is 0 Å². The number of aromatic nitrogens is 4. The Labute approximate surface area is 318 Å². The van der Waals surface area contributed by atoms with Gasteiger partial charge in [-0.25, -0.2) is 19.9 Å². The molecule has 258 valence electrons. The second kappa shape index (κ2) is 13.8. The number of hydrogen-bond donors (Lipinski definition) is 0. The molecule has 55 heavy (non-hydrogen) atoms. The largest absolute Gasteiger partial charge is 0.455 e. The van der Waals surface area contributed by atoms with Crippen LogP contribution in [0.4, 0.5) is 0 Å². The first-order valence-electron chi connectivity index (χ1n) is 18.3. The molecule has 0 aliphatic carbocycles. The predicted octanol–water partition coefficient (Wildman–Crippen LogP) is 12.8. The number of nitrogens with zero attached hydrogens (tertiary/aromatic N) is 4. The molecule has 0 unspecified atom stereocenters. The summed E-state index contributed by atoms with van der Waals surface area (Å²) in [5.74, 6) is 2.74. The molecule has 3 aromatic heterocycles. The maximum atomic E-state index is 6.90. The van der Waals surface area contributed by atoms with E-state index in [2.05, 4.69) is 109 Å². The van der Waals surface area contributed by atoms with Crippen molar-refractivity contribution in [2.24, 2.45) is 0 Å². The number of rotatable bonds is 7. The summed E-state index contributed by atoms with van der Waals surface area (Å²) < 4.78 is 6.90. The highest BCUT2D eigenvalue weighted by atomic mass is 16.3. The maximum absolute atomic E-state index is 6.90. The third-order valence-electron chi connectivity index (χ3n) is 9.96. The molecule has 3 heterocycles. The van der Waals surface area contributed by atoms with Gasteiger partial charge < -0.3 is 4.42 Å². The van der Waals surface area contributed by atoms with E-state index in [0.29, 0.717) is 17.5 Å². The summed E-state index contributed by atoms with van der Waals surface area (Å²) in [7, 11) is 0. The van der Waals surface area contributed by atoms with Crippen LogP contribution < -0.4 is 0 Å². The van der Waals surface area contributed by atoms with Gasteiger partial charge in [-0.3, -0.25) is 0 Å². The summed E-state index contributed by atoms with van der Waals surface area (Å²) in [6, 6.07) is 66.2. The number of benzene rings is 7. The molecule has 5 nitrogen and oxygen atoms in total.